The van der Waals surface area contributed by atoms with Crippen molar-refractivity contribution < 1.29 is 13.2 Å². The van der Waals surface area contributed by atoms with Crippen LogP contribution in [0.25, 0.3) is 6.08 Å². The number of aryl methyl sites for hydroxylation is 1. The zero-order valence-corrected chi connectivity index (χ0v) is 13.1. The summed E-state index contributed by atoms with van der Waals surface area (Å²) < 4.78 is 30.3. The monoisotopic (exact) mass is 313 g/mol. The van der Waals surface area contributed by atoms with Crippen molar-refractivity contribution in [3.8, 4) is 11.8 Å². The van der Waals surface area contributed by atoms with Gasteiger partial charge < -0.3 is 4.74 Å². The zero-order chi connectivity index (χ0) is 16.2. The van der Waals surface area contributed by atoms with Crippen LogP contribution in [0.15, 0.2) is 58.3 Å². The normalized spacial score (nSPS) is 11.8. The van der Waals surface area contributed by atoms with Crippen LogP contribution in [0.3, 0.4) is 0 Å². The van der Waals surface area contributed by atoms with Crippen molar-refractivity contribution in [3.05, 3.63) is 64.6 Å². The maximum absolute atomic E-state index is 12.5. The van der Waals surface area contributed by atoms with Gasteiger partial charge in [0, 0.05) is 5.56 Å². The number of benzene rings is 2. The Morgan fingerprint density at radius 1 is 1.14 bits per heavy atom. The fourth-order valence-corrected chi connectivity index (χ4v) is 3.09. The van der Waals surface area contributed by atoms with E-state index in [0.717, 1.165) is 5.56 Å². The number of para-hydroxylation sites is 1. The van der Waals surface area contributed by atoms with Crippen molar-refractivity contribution in [1.29, 1.82) is 5.26 Å². The number of hydrogen-bond acceptors (Lipinski definition) is 4. The largest absolute Gasteiger partial charge is 0.496 e. The van der Waals surface area contributed by atoms with Crippen molar-refractivity contribution in [1.82, 2.24) is 0 Å². The molecule has 0 saturated carbocycles. The average Bonchev–Trinajstić information content (AvgIpc) is 2.53. The molecule has 0 spiro atoms. The Morgan fingerprint density at radius 3 is 2.36 bits per heavy atom. The first-order valence-corrected chi connectivity index (χ1v) is 8.04. The molecule has 22 heavy (non-hydrogen) atoms. The highest BCUT2D eigenvalue weighted by molar-refractivity contribution is 7.95. The zero-order valence-electron chi connectivity index (χ0n) is 12.3. The van der Waals surface area contributed by atoms with E-state index in [0.29, 0.717) is 11.3 Å². The summed E-state index contributed by atoms with van der Waals surface area (Å²) in [4.78, 5) is -0.221. The van der Waals surface area contributed by atoms with Crippen molar-refractivity contribution in [2.45, 2.75) is 11.8 Å². The quantitative estimate of drug-likeness (QED) is 0.812. The lowest BCUT2D eigenvalue weighted by atomic mass is 10.2. The molecule has 0 aliphatic heterocycles. The Kier molecular flexibility index (Phi) is 4.64. The number of allylic oxidation sites excluding steroid dienone is 1. The molecule has 0 bridgehead atoms. The minimum absolute atomic E-state index is 0.0980. The summed E-state index contributed by atoms with van der Waals surface area (Å²) in [5.74, 6) is 0.509. The predicted octanol–water partition coefficient (Wildman–Crippen LogP) is 3.34. The number of ether oxygens (including phenoxy) is 1. The molecule has 2 aromatic carbocycles. The first-order valence-electron chi connectivity index (χ1n) is 6.55. The Labute approximate surface area is 130 Å². The van der Waals surface area contributed by atoms with Crippen molar-refractivity contribution >= 4 is 15.9 Å². The topological polar surface area (TPSA) is 67.2 Å². The second-order valence-corrected chi connectivity index (χ2v) is 6.60. The molecule has 4 nitrogen and oxygen atoms in total. The van der Waals surface area contributed by atoms with Crippen LogP contribution < -0.4 is 4.74 Å². The Balaban J connectivity index is 2.54. The third kappa shape index (κ3) is 3.18. The minimum Gasteiger partial charge on any atom is -0.496 e. The van der Waals surface area contributed by atoms with E-state index in [1.807, 2.05) is 6.92 Å². The van der Waals surface area contributed by atoms with Gasteiger partial charge in [0.2, 0.25) is 9.84 Å². The van der Waals surface area contributed by atoms with E-state index in [2.05, 4.69) is 0 Å². The number of methoxy groups -OCH3 is 1. The molecule has 2 rings (SSSR count). The summed E-state index contributed by atoms with van der Waals surface area (Å²) in [5.41, 5.74) is 1.49. The summed E-state index contributed by atoms with van der Waals surface area (Å²) >= 11 is 0. The van der Waals surface area contributed by atoms with E-state index in [9.17, 15) is 13.7 Å². The number of nitrogens with zero attached hydrogens (tertiary/aromatic N) is 1. The molecule has 0 atom stereocenters. The molecule has 112 valence electrons. The fourth-order valence-electron chi connectivity index (χ4n) is 1.94. The Hall–Kier alpha value is -2.58. The van der Waals surface area contributed by atoms with Gasteiger partial charge in [0.05, 0.1) is 12.0 Å². The van der Waals surface area contributed by atoms with Crippen molar-refractivity contribution in [2.75, 3.05) is 7.11 Å². The van der Waals surface area contributed by atoms with Gasteiger partial charge in [-0.1, -0.05) is 35.9 Å². The molecule has 5 heteroatoms. The summed E-state index contributed by atoms with van der Waals surface area (Å²) in [6, 6.07) is 15.1. The highest BCUT2D eigenvalue weighted by atomic mass is 32.2. The minimum atomic E-state index is -3.85. The van der Waals surface area contributed by atoms with Gasteiger partial charge >= 0.3 is 0 Å². The number of rotatable bonds is 4. The predicted molar refractivity (Wildman–Crippen MR) is 84.9 cm³/mol. The summed E-state index contributed by atoms with van der Waals surface area (Å²) in [5, 5.41) is 9.26. The van der Waals surface area contributed by atoms with Crippen LogP contribution in [-0.4, -0.2) is 15.5 Å². The molecule has 0 fully saturated rings. The second kappa shape index (κ2) is 6.46. The van der Waals surface area contributed by atoms with Crippen LogP contribution in [-0.2, 0) is 9.84 Å². The van der Waals surface area contributed by atoms with E-state index in [1.165, 1.54) is 25.3 Å². The maximum atomic E-state index is 12.5. The van der Waals surface area contributed by atoms with Crippen LogP contribution in [0, 0.1) is 18.3 Å². The van der Waals surface area contributed by atoms with Gasteiger partial charge in [-0.15, -0.1) is 0 Å². The van der Waals surface area contributed by atoms with Gasteiger partial charge in [-0.2, -0.15) is 5.26 Å². The Morgan fingerprint density at radius 2 is 1.77 bits per heavy atom. The third-order valence-corrected chi connectivity index (χ3v) is 4.84. The van der Waals surface area contributed by atoms with Crippen LogP contribution in [0.4, 0.5) is 0 Å². The first kappa shape index (κ1) is 15.8. The van der Waals surface area contributed by atoms with Crippen LogP contribution in [0.2, 0.25) is 0 Å². The average molecular weight is 313 g/mol. The number of nitriles is 1. The van der Waals surface area contributed by atoms with Crippen molar-refractivity contribution in [2.24, 2.45) is 0 Å². The molecule has 2 aromatic rings. The van der Waals surface area contributed by atoms with Crippen LogP contribution >= 0.6 is 0 Å². The van der Waals surface area contributed by atoms with Crippen LogP contribution in [0.5, 0.6) is 5.75 Å². The molecule has 0 aliphatic rings. The lowest BCUT2D eigenvalue weighted by molar-refractivity contribution is 0.414. The number of hydrogen-bond donors (Lipinski definition) is 0. The van der Waals surface area contributed by atoms with E-state index in [1.54, 1.807) is 42.5 Å². The lowest BCUT2D eigenvalue weighted by Crippen LogP contribution is -2.03. The van der Waals surface area contributed by atoms with Crippen LogP contribution in [0.1, 0.15) is 11.1 Å². The molecule has 0 unspecified atom stereocenters. The van der Waals surface area contributed by atoms with Gasteiger partial charge in [0.25, 0.3) is 0 Å². The van der Waals surface area contributed by atoms with E-state index in [-0.39, 0.29) is 9.80 Å². The van der Waals surface area contributed by atoms with Gasteiger partial charge in [0.1, 0.15) is 16.7 Å². The van der Waals surface area contributed by atoms with Gasteiger partial charge in [-0.05, 0) is 31.2 Å². The smallest absolute Gasteiger partial charge is 0.216 e. The molecule has 0 saturated heterocycles. The summed E-state index contributed by atoms with van der Waals surface area (Å²) in [6.45, 7) is 1.87. The first-order chi connectivity index (χ1) is 10.5. The Bertz CT molecular complexity index is 844. The lowest BCUT2D eigenvalue weighted by Gasteiger charge is -2.06. The van der Waals surface area contributed by atoms with Gasteiger partial charge in [-0.3, -0.25) is 0 Å². The molecule has 0 aromatic heterocycles. The fraction of sp³-hybridized carbons (Fsp3) is 0.118. The van der Waals surface area contributed by atoms with E-state index in [4.69, 9.17) is 4.74 Å². The molecule has 0 radical (unpaired) electrons. The third-order valence-electron chi connectivity index (χ3n) is 3.16. The van der Waals surface area contributed by atoms with E-state index >= 15 is 0 Å². The summed E-state index contributed by atoms with van der Waals surface area (Å²) in [6.07, 6.45) is 1.33. The molecule has 0 N–H and O–H groups in total. The highest BCUT2D eigenvalue weighted by Gasteiger charge is 2.21. The molecular weight excluding hydrogens is 298 g/mol. The van der Waals surface area contributed by atoms with E-state index < -0.39 is 9.84 Å². The SMILES string of the molecule is COc1ccccc1/C=C(\C#N)S(=O)(=O)c1ccc(C)cc1. The molecule has 0 amide bonds. The maximum Gasteiger partial charge on any atom is 0.216 e. The van der Waals surface area contributed by atoms with Gasteiger partial charge in [0.15, 0.2) is 0 Å². The number of sulfone groups is 1. The standard InChI is InChI=1S/C17H15NO3S/c1-13-7-9-15(10-8-13)22(19,20)16(12-18)11-14-5-3-4-6-17(14)21-2/h3-11H,1-2H3/b16-11+. The van der Waals surface area contributed by atoms with Gasteiger partial charge in [-0.25, -0.2) is 8.42 Å². The molecular formula is C17H15NO3S. The van der Waals surface area contributed by atoms with Crippen molar-refractivity contribution in [3.63, 3.8) is 0 Å². The second-order valence-electron chi connectivity index (χ2n) is 4.68. The summed E-state index contributed by atoms with van der Waals surface area (Å²) in [7, 11) is -2.35. The highest BCUT2D eigenvalue weighted by Crippen LogP contribution is 2.25. The molecule has 0 aliphatic carbocycles. The molecule has 0 heterocycles.